The molecule has 0 saturated carbocycles. The SMILES string of the molecule is CCCOC(=O)N(Cc1c(F)cccc1F)c1sc(-c2ccc(NC(=O)N(OC)C(=O)Nc3ccc(-c4sc(N(Cc5c(F)cccc5F)C(=O)OCCC)c(C(=O)O)c4CN(C)C)cc3)cc2)c(CN(C)C)c1C(=O)O. The number of hydrogen-bond donors (Lipinski definition) is 4. The average molecular weight is 1110 g/mol. The normalized spacial score (nSPS) is 11.1. The number of thiophene rings is 2. The van der Waals surface area contributed by atoms with Crippen molar-refractivity contribution in [3.05, 3.63) is 142 Å². The van der Waals surface area contributed by atoms with Crippen LogP contribution in [0.15, 0.2) is 84.9 Å². The molecule has 77 heavy (non-hydrogen) atoms. The average Bonchev–Trinajstić information content (AvgIpc) is 3.95. The molecule has 2 heterocycles. The van der Waals surface area contributed by atoms with Crippen molar-refractivity contribution in [1.82, 2.24) is 14.9 Å². The molecule has 18 nitrogen and oxygen atoms in total. The van der Waals surface area contributed by atoms with Crippen LogP contribution in [0.2, 0.25) is 0 Å². The van der Waals surface area contributed by atoms with Crippen molar-refractivity contribution in [1.29, 1.82) is 0 Å². The highest BCUT2D eigenvalue weighted by molar-refractivity contribution is 7.20. The van der Waals surface area contributed by atoms with Gasteiger partial charge in [-0.05, 0) is 101 Å². The number of amides is 6. The molecule has 0 fully saturated rings. The number of rotatable bonds is 21. The van der Waals surface area contributed by atoms with Gasteiger partial charge in [0.2, 0.25) is 0 Å². The second-order valence-electron chi connectivity index (χ2n) is 17.6. The second kappa shape index (κ2) is 26.2. The lowest BCUT2D eigenvalue weighted by Crippen LogP contribution is -2.41. The summed E-state index contributed by atoms with van der Waals surface area (Å²) >= 11 is 1.78. The van der Waals surface area contributed by atoms with E-state index in [1.54, 1.807) is 76.1 Å². The number of aromatic carboxylic acids is 2. The number of carbonyl (C=O) groups excluding carboxylic acids is 4. The molecule has 0 aliphatic rings. The van der Waals surface area contributed by atoms with Crippen molar-refractivity contribution in [3.63, 3.8) is 0 Å². The van der Waals surface area contributed by atoms with Crippen molar-refractivity contribution >= 4 is 80.2 Å². The summed E-state index contributed by atoms with van der Waals surface area (Å²) in [5.41, 5.74) is 0.250. The summed E-state index contributed by atoms with van der Waals surface area (Å²) in [4.78, 5) is 91.3. The number of urea groups is 2. The van der Waals surface area contributed by atoms with Gasteiger partial charge in [0.15, 0.2) is 0 Å². The number of benzene rings is 4. The fourth-order valence-electron chi connectivity index (χ4n) is 7.80. The third kappa shape index (κ3) is 13.9. The summed E-state index contributed by atoms with van der Waals surface area (Å²) in [5.74, 6) is -6.62. The van der Waals surface area contributed by atoms with Crippen molar-refractivity contribution in [2.75, 3.05) is 68.9 Å². The van der Waals surface area contributed by atoms with Crippen LogP contribution in [0.5, 0.6) is 0 Å². The number of imide groups is 1. The monoisotopic (exact) mass is 1110 g/mol. The topological polar surface area (TPSA) is 211 Å². The first kappa shape index (κ1) is 58.4. The number of carboxylic acid groups (broad SMARTS) is 2. The molecule has 6 amide bonds. The van der Waals surface area contributed by atoms with E-state index in [2.05, 4.69) is 10.6 Å². The molecule has 2 aromatic heterocycles. The van der Waals surface area contributed by atoms with Crippen LogP contribution in [0.3, 0.4) is 0 Å². The summed E-state index contributed by atoms with van der Waals surface area (Å²) in [7, 11) is 7.90. The minimum atomic E-state index is -1.41. The smallest absolute Gasteiger partial charge is 0.415 e. The van der Waals surface area contributed by atoms with Crippen LogP contribution in [0.25, 0.3) is 20.9 Å². The van der Waals surface area contributed by atoms with Gasteiger partial charge in [0.25, 0.3) is 0 Å². The molecule has 0 aliphatic heterocycles. The Morgan fingerprint density at radius 1 is 0.519 bits per heavy atom. The van der Waals surface area contributed by atoms with Crippen LogP contribution >= 0.6 is 22.7 Å². The minimum Gasteiger partial charge on any atom is -0.478 e. The van der Waals surface area contributed by atoms with Gasteiger partial charge < -0.3 is 40.1 Å². The minimum absolute atomic E-state index is 0.0501. The van der Waals surface area contributed by atoms with Crippen LogP contribution in [-0.2, 0) is 40.5 Å². The molecule has 6 aromatic rings. The first-order chi connectivity index (χ1) is 36.7. The van der Waals surface area contributed by atoms with Crippen molar-refractivity contribution in [3.8, 4) is 20.9 Å². The summed E-state index contributed by atoms with van der Waals surface area (Å²) in [6.07, 6.45) is -1.21. The van der Waals surface area contributed by atoms with Gasteiger partial charge in [-0.2, -0.15) is 0 Å². The Bertz CT molecular complexity index is 2890. The van der Waals surface area contributed by atoms with Gasteiger partial charge in [0.1, 0.15) is 33.3 Å². The molecule has 0 spiro atoms. The summed E-state index contributed by atoms with van der Waals surface area (Å²) in [6.45, 7) is 2.15. The Hall–Kier alpha value is -7.90. The fraction of sp³-hybridized carbons (Fsp3) is 0.283. The predicted molar refractivity (Wildman–Crippen MR) is 283 cm³/mol. The first-order valence-corrected chi connectivity index (χ1v) is 25.3. The van der Waals surface area contributed by atoms with Crippen LogP contribution < -0.4 is 20.4 Å². The number of carboxylic acids is 2. The second-order valence-corrected chi connectivity index (χ2v) is 19.6. The number of ether oxygens (including phenoxy) is 2. The van der Waals surface area contributed by atoms with E-state index in [0.717, 1.165) is 76.0 Å². The Labute approximate surface area is 448 Å². The number of hydroxylamine groups is 2. The number of nitrogens with one attached hydrogen (secondary N) is 2. The van der Waals surface area contributed by atoms with Gasteiger partial charge in [-0.1, -0.05) is 50.2 Å². The van der Waals surface area contributed by atoms with E-state index in [1.165, 1.54) is 24.3 Å². The van der Waals surface area contributed by atoms with E-state index in [0.29, 0.717) is 38.8 Å². The van der Waals surface area contributed by atoms with E-state index in [-0.39, 0.29) is 69.9 Å². The molecule has 0 radical (unpaired) electrons. The third-order valence-corrected chi connectivity index (χ3v) is 13.9. The van der Waals surface area contributed by atoms with Gasteiger partial charge in [-0.15, -0.1) is 27.7 Å². The maximum absolute atomic E-state index is 15.0. The molecule has 0 aliphatic carbocycles. The van der Waals surface area contributed by atoms with Gasteiger partial charge >= 0.3 is 36.2 Å². The van der Waals surface area contributed by atoms with Crippen LogP contribution in [-0.4, -0.2) is 110 Å². The first-order valence-electron chi connectivity index (χ1n) is 23.7. The Morgan fingerprint density at radius 3 is 1.14 bits per heavy atom. The lowest BCUT2D eigenvalue weighted by molar-refractivity contribution is -0.0373. The Morgan fingerprint density at radius 2 is 0.857 bits per heavy atom. The summed E-state index contributed by atoms with van der Waals surface area (Å²) in [6, 6.07) is 16.5. The molecule has 4 N–H and O–H groups in total. The zero-order chi connectivity index (χ0) is 56.2. The number of anilines is 4. The van der Waals surface area contributed by atoms with Crippen molar-refractivity contribution in [2.45, 2.75) is 52.9 Å². The molecule has 6 rings (SSSR count). The fourth-order valence-corrected chi connectivity index (χ4v) is 10.4. The Kier molecular flexibility index (Phi) is 19.9. The summed E-state index contributed by atoms with van der Waals surface area (Å²) < 4.78 is 70.7. The molecular formula is C53H55F4N7O11S2. The van der Waals surface area contributed by atoms with Crippen molar-refractivity contribution in [2.24, 2.45) is 0 Å². The van der Waals surface area contributed by atoms with Crippen LogP contribution in [0.4, 0.5) is 58.1 Å². The van der Waals surface area contributed by atoms with Gasteiger partial charge in [-0.25, -0.2) is 46.3 Å². The molecule has 0 saturated heterocycles. The number of hydrogen-bond acceptors (Lipinski definition) is 13. The standard InChI is InChI=1S/C53H55F4N7O11S2/c1-8-24-74-52(71)62(28-34-38(54)12-10-13-39(34)55)46-42(48(65)66)36(26-60(3)4)44(76-46)30-16-20-32(21-17-30)58-50(69)64(73-7)51(70)59-33-22-18-31(19-23-33)45-37(27-61(5)6)43(49(67)68)47(77-45)63(53(72)75-25-9-2)29-35-40(56)14-11-15-41(35)57/h10-23H,8-9,24-29H2,1-7H3,(H,58,69)(H,59,70)(H,65,66)(H,67,68). The molecular weight excluding hydrogens is 1050 g/mol. The van der Waals surface area contributed by atoms with E-state index >= 15 is 0 Å². The largest absolute Gasteiger partial charge is 0.478 e. The molecule has 24 heteroatoms. The third-order valence-electron chi connectivity index (χ3n) is 11.2. The predicted octanol–water partition coefficient (Wildman–Crippen LogP) is 12.0. The van der Waals surface area contributed by atoms with E-state index in [1.807, 2.05) is 0 Å². The lowest BCUT2D eigenvalue weighted by atomic mass is 10.0. The van der Waals surface area contributed by atoms with Gasteiger partial charge in [-0.3, -0.25) is 14.6 Å². The van der Waals surface area contributed by atoms with E-state index < -0.39 is 83.7 Å². The van der Waals surface area contributed by atoms with Gasteiger partial charge in [0.05, 0.1) is 44.5 Å². The van der Waals surface area contributed by atoms with E-state index in [4.69, 9.17) is 14.3 Å². The zero-order valence-corrected chi connectivity index (χ0v) is 44.5. The molecule has 0 bridgehead atoms. The molecule has 0 atom stereocenters. The van der Waals surface area contributed by atoms with Crippen molar-refractivity contribution < 1.29 is 70.9 Å². The summed E-state index contributed by atoms with van der Waals surface area (Å²) in [5, 5.41) is 26.5. The van der Waals surface area contributed by atoms with Crippen LogP contribution in [0.1, 0.15) is 69.7 Å². The molecule has 0 unspecified atom stereocenters. The quantitative estimate of drug-likeness (QED) is 0.0391. The molecule has 4 aromatic carbocycles. The lowest BCUT2D eigenvalue weighted by Gasteiger charge is -2.22. The van der Waals surface area contributed by atoms with Crippen LogP contribution in [0, 0.1) is 23.3 Å². The maximum atomic E-state index is 15.0. The Balaban J connectivity index is 1.25. The molecule has 408 valence electrons. The van der Waals surface area contributed by atoms with E-state index in [9.17, 15) is 56.5 Å². The highest BCUT2D eigenvalue weighted by atomic mass is 32.1. The highest BCUT2D eigenvalue weighted by Gasteiger charge is 2.35. The number of carbonyl (C=O) groups is 6. The maximum Gasteiger partial charge on any atom is 0.415 e. The number of halogens is 4. The zero-order valence-electron chi connectivity index (χ0n) is 42.9. The van der Waals surface area contributed by atoms with Gasteiger partial charge in [0, 0.05) is 56.5 Å². The number of nitrogens with zero attached hydrogens (tertiary/aromatic N) is 5. The highest BCUT2D eigenvalue weighted by Crippen LogP contribution is 2.46.